The van der Waals surface area contributed by atoms with E-state index in [1.54, 1.807) is 30.3 Å². The molecule has 7 heteroatoms. The minimum Gasteiger partial charge on any atom is -0.444 e. The third-order valence-corrected chi connectivity index (χ3v) is 3.92. The lowest BCUT2D eigenvalue weighted by Crippen LogP contribution is -2.29. The van der Waals surface area contributed by atoms with Gasteiger partial charge < -0.3 is 4.74 Å². The number of anilines is 1. The first kappa shape index (κ1) is 16.7. The van der Waals surface area contributed by atoms with Crippen LogP contribution in [-0.2, 0) is 4.74 Å². The summed E-state index contributed by atoms with van der Waals surface area (Å²) in [4.78, 5) is 38.1. The number of ether oxygens (including phenoxy) is 1. The predicted octanol–water partition coefficient (Wildman–Crippen LogP) is 3.21. The SMILES string of the molecule is C[C@@H](C#N)OC(=O)c1ccc2c(c1)C(=O)N(c1ccc(Cl)cc1)C2=O. The minimum absolute atomic E-state index is 0.0972. The Kier molecular flexibility index (Phi) is 4.26. The topological polar surface area (TPSA) is 87.5 Å². The van der Waals surface area contributed by atoms with E-state index in [-0.39, 0.29) is 16.7 Å². The van der Waals surface area contributed by atoms with E-state index in [1.165, 1.54) is 25.1 Å². The Hall–Kier alpha value is -3.17. The molecule has 2 aromatic rings. The summed E-state index contributed by atoms with van der Waals surface area (Å²) in [5, 5.41) is 9.18. The molecule has 2 aromatic carbocycles. The lowest BCUT2D eigenvalue weighted by atomic mass is 10.1. The predicted molar refractivity (Wildman–Crippen MR) is 89.5 cm³/mol. The van der Waals surface area contributed by atoms with Gasteiger partial charge in [0.2, 0.25) is 0 Å². The first-order chi connectivity index (χ1) is 11.9. The van der Waals surface area contributed by atoms with Crippen molar-refractivity contribution in [3.63, 3.8) is 0 Å². The Morgan fingerprint density at radius 2 is 1.76 bits per heavy atom. The highest BCUT2D eigenvalue weighted by atomic mass is 35.5. The Morgan fingerprint density at radius 1 is 1.12 bits per heavy atom. The molecule has 1 aliphatic rings. The molecule has 0 fully saturated rings. The highest BCUT2D eigenvalue weighted by molar-refractivity contribution is 6.35. The van der Waals surface area contributed by atoms with Crippen LogP contribution in [0.2, 0.25) is 5.02 Å². The van der Waals surface area contributed by atoms with Crippen LogP contribution in [0.25, 0.3) is 0 Å². The Bertz CT molecular complexity index is 931. The molecule has 1 atom stereocenters. The third-order valence-electron chi connectivity index (χ3n) is 3.67. The van der Waals surface area contributed by atoms with E-state index in [2.05, 4.69) is 0 Å². The average molecular weight is 355 g/mol. The Labute approximate surface area is 148 Å². The summed E-state index contributed by atoms with van der Waals surface area (Å²) in [6.07, 6.45) is -0.913. The summed E-state index contributed by atoms with van der Waals surface area (Å²) >= 11 is 5.83. The molecule has 0 unspecified atom stereocenters. The number of imide groups is 1. The van der Waals surface area contributed by atoms with Crippen molar-refractivity contribution in [2.24, 2.45) is 0 Å². The third kappa shape index (κ3) is 2.97. The van der Waals surface area contributed by atoms with Crippen LogP contribution >= 0.6 is 11.6 Å². The van der Waals surface area contributed by atoms with Crippen molar-refractivity contribution in [2.45, 2.75) is 13.0 Å². The second-order valence-electron chi connectivity index (χ2n) is 5.36. The Balaban J connectivity index is 1.94. The smallest absolute Gasteiger partial charge is 0.339 e. The molecule has 2 amide bonds. The van der Waals surface area contributed by atoms with Gasteiger partial charge in [0, 0.05) is 5.02 Å². The van der Waals surface area contributed by atoms with Crippen molar-refractivity contribution >= 4 is 35.1 Å². The molecule has 0 spiro atoms. The fourth-order valence-electron chi connectivity index (χ4n) is 2.45. The molecule has 124 valence electrons. The maximum Gasteiger partial charge on any atom is 0.339 e. The van der Waals surface area contributed by atoms with E-state index in [4.69, 9.17) is 21.6 Å². The second-order valence-corrected chi connectivity index (χ2v) is 5.80. The van der Waals surface area contributed by atoms with Gasteiger partial charge >= 0.3 is 5.97 Å². The van der Waals surface area contributed by atoms with Crippen LogP contribution in [0.4, 0.5) is 5.69 Å². The molecule has 0 bridgehead atoms. The molecular weight excluding hydrogens is 344 g/mol. The number of amides is 2. The summed E-state index contributed by atoms with van der Waals surface area (Å²) < 4.78 is 4.91. The van der Waals surface area contributed by atoms with Gasteiger partial charge in [-0.3, -0.25) is 9.59 Å². The summed E-state index contributed by atoms with van der Waals surface area (Å²) in [6, 6.07) is 12.2. The minimum atomic E-state index is -0.913. The number of carbonyl (C=O) groups is 3. The number of fused-ring (bicyclic) bond motifs is 1. The summed E-state index contributed by atoms with van der Waals surface area (Å²) in [5.74, 6) is -1.75. The zero-order chi connectivity index (χ0) is 18.1. The van der Waals surface area contributed by atoms with Gasteiger partial charge in [-0.2, -0.15) is 5.26 Å². The van der Waals surface area contributed by atoms with Crippen molar-refractivity contribution in [2.75, 3.05) is 4.90 Å². The van der Waals surface area contributed by atoms with Crippen LogP contribution in [0.1, 0.15) is 38.0 Å². The van der Waals surface area contributed by atoms with E-state index in [1.807, 2.05) is 0 Å². The monoisotopic (exact) mass is 354 g/mol. The zero-order valence-electron chi connectivity index (χ0n) is 13.0. The number of nitrogens with zero attached hydrogens (tertiary/aromatic N) is 2. The molecular formula is C18H11ClN2O4. The summed E-state index contributed by atoms with van der Waals surface area (Å²) in [6.45, 7) is 1.43. The Morgan fingerprint density at radius 3 is 2.40 bits per heavy atom. The van der Waals surface area contributed by atoms with E-state index < -0.39 is 23.9 Å². The second kappa shape index (κ2) is 6.38. The number of halogens is 1. The fourth-order valence-corrected chi connectivity index (χ4v) is 2.57. The molecule has 0 aromatic heterocycles. The highest BCUT2D eigenvalue weighted by Crippen LogP contribution is 2.30. The van der Waals surface area contributed by atoms with Crippen molar-refractivity contribution in [3.05, 3.63) is 64.2 Å². The molecule has 0 N–H and O–H groups in total. The first-order valence-corrected chi connectivity index (χ1v) is 7.69. The average Bonchev–Trinajstić information content (AvgIpc) is 2.86. The number of carbonyl (C=O) groups excluding carboxylic acids is 3. The quantitative estimate of drug-likeness (QED) is 0.624. The van der Waals surface area contributed by atoms with E-state index in [9.17, 15) is 14.4 Å². The number of hydrogen-bond acceptors (Lipinski definition) is 5. The molecule has 25 heavy (non-hydrogen) atoms. The van der Waals surface area contributed by atoms with Crippen molar-refractivity contribution in [1.29, 1.82) is 5.26 Å². The lowest BCUT2D eigenvalue weighted by molar-refractivity contribution is 0.0435. The zero-order valence-corrected chi connectivity index (χ0v) is 13.8. The largest absolute Gasteiger partial charge is 0.444 e. The standard InChI is InChI=1S/C18H11ClN2O4/c1-10(9-20)25-18(24)11-2-7-14-15(8-11)17(23)21(16(14)22)13-5-3-12(19)4-6-13/h2-8,10H,1H3/t10-/m0/s1. The van der Waals surface area contributed by atoms with Crippen LogP contribution in [0.5, 0.6) is 0 Å². The van der Waals surface area contributed by atoms with Gasteiger partial charge in [-0.1, -0.05) is 11.6 Å². The molecule has 0 saturated carbocycles. The molecule has 1 aliphatic heterocycles. The highest BCUT2D eigenvalue weighted by Gasteiger charge is 2.37. The van der Waals surface area contributed by atoms with Gasteiger partial charge in [0.15, 0.2) is 6.10 Å². The maximum absolute atomic E-state index is 12.6. The fraction of sp³-hybridized carbons (Fsp3) is 0.111. The molecule has 0 radical (unpaired) electrons. The first-order valence-electron chi connectivity index (χ1n) is 7.31. The number of benzene rings is 2. The van der Waals surface area contributed by atoms with Gasteiger partial charge in [0.1, 0.15) is 6.07 Å². The van der Waals surface area contributed by atoms with Crippen LogP contribution in [0.15, 0.2) is 42.5 Å². The maximum atomic E-state index is 12.6. The van der Waals surface area contributed by atoms with Gasteiger partial charge in [-0.25, -0.2) is 9.69 Å². The lowest BCUT2D eigenvalue weighted by Gasteiger charge is -2.13. The van der Waals surface area contributed by atoms with Crippen LogP contribution < -0.4 is 4.90 Å². The number of hydrogen-bond donors (Lipinski definition) is 0. The summed E-state index contributed by atoms with van der Waals surface area (Å²) in [7, 11) is 0. The van der Waals surface area contributed by atoms with Gasteiger partial charge in [-0.05, 0) is 49.4 Å². The molecule has 6 nitrogen and oxygen atoms in total. The normalized spacial score (nSPS) is 14.0. The van der Waals surface area contributed by atoms with Crippen molar-refractivity contribution < 1.29 is 19.1 Å². The van der Waals surface area contributed by atoms with Crippen LogP contribution in [0, 0.1) is 11.3 Å². The van der Waals surface area contributed by atoms with E-state index >= 15 is 0 Å². The number of esters is 1. The van der Waals surface area contributed by atoms with Crippen molar-refractivity contribution in [3.8, 4) is 6.07 Å². The van der Waals surface area contributed by atoms with E-state index in [0.717, 1.165) is 4.90 Å². The number of rotatable bonds is 3. The molecule has 1 heterocycles. The van der Waals surface area contributed by atoms with Crippen LogP contribution in [-0.4, -0.2) is 23.9 Å². The van der Waals surface area contributed by atoms with Crippen molar-refractivity contribution in [1.82, 2.24) is 0 Å². The van der Waals surface area contributed by atoms with Gasteiger partial charge in [0.05, 0.1) is 22.4 Å². The van der Waals surface area contributed by atoms with Gasteiger partial charge in [0.25, 0.3) is 11.8 Å². The van der Waals surface area contributed by atoms with Crippen LogP contribution in [0.3, 0.4) is 0 Å². The van der Waals surface area contributed by atoms with Gasteiger partial charge in [-0.15, -0.1) is 0 Å². The summed E-state index contributed by atoms with van der Waals surface area (Å²) in [5.41, 5.74) is 0.793. The van der Waals surface area contributed by atoms with E-state index in [0.29, 0.717) is 10.7 Å². The molecule has 0 aliphatic carbocycles. The molecule has 3 rings (SSSR count). The molecule has 0 saturated heterocycles. The number of nitriles is 1.